The maximum atomic E-state index is 12.3. The van der Waals surface area contributed by atoms with Crippen molar-refractivity contribution >= 4 is 6.03 Å². The van der Waals surface area contributed by atoms with E-state index in [0.29, 0.717) is 19.5 Å². The van der Waals surface area contributed by atoms with Crippen molar-refractivity contribution in [3.63, 3.8) is 0 Å². The molecule has 1 saturated carbocycles. The van der Waals surface area contributed by atoms with Crippen LogP contribution in [0.15, 0.2) is 11.1 Å². The monoisotopic (exact) mass is 290 g/mol. The Bertz CT molecular complexity index is 619. The quantitative estimate of drug-likeness (QED) is 0.885. The van der Waals surface area contributed by atoms with Gasteiger partial charge in [0, 0.05) is 25.7 Å². The van der Waals surface area contributed by atoms with Crippen LogP contribution in [0.3, 0.4) is 0 Å². The van der Waals surface area contributed by atoms with Crippen LogP contribution in [0.2, 0.25) is 0 Å². The van der Waals surface area contributed by atoms with Crippen LogP contribution in [0.25, 0.3) is 0 Å². The molecule has 2 heterocycles. The number of nitrogens with zero attached hydrogens (tertiary/aromatic N) is 3. The maximum Gasteiger partial charge on any atom is 0.317 e. The van der Waals surface area contributed by atoms with Crippen LogP contribution in [0.1, 0.15) is 37.4 Å². The number of hydrogen-bond donors (Lipinski definition) is 1. The lowest BCUT2D eigenvalue weighted by atomic mass is 9.70. The summed E-state index contributed by atoms with van der Waals surface area (Å²) in [5, 5.41) is 3.03. The van der Waals surface area contributed by atoms with Gasteiger partial charge in [0.05, 0.1) is 18.6 Å². The summed E-state index contributed by atoms with van der Waals surface area (Å²) in [6.45, 7) is 3.96. The third kappa shape index (κ3) is 2.66. The predicted molar refractivity (Wildman–Crippen MR) is 78.9 cm³/mol. The number of aryl methyl sites for hydroxylation is 1. The molecule has 1 aromatic heterocycles. The van der Waals surface area contributed by atoms with Gasteiger partial charge in [-0.05, 0) is 24.7 Å². The van der Waals surface area contributed by atoms with E-state index in [-0.39, 0.29) is 17.0 Å². The number of carbonyl (C=O) groups is 1. The first-order valence-corrected chi connectivity index (χ1v) is 7.55. The van der Waals surface area contributed by atoms with Crippen LogP contribution < -0.4 is 10.9 Å². The zero-order valence-electron chi connectivity index (χ0n) is 12.7. The standard InChI is InChI=1S/C15H22N4O2/c1-15(5-3-6-15)9-16-14(21)19-7-4-11-12(8-19)17-10-18(2)13(11)20/h10H,3-9H2,1-2H3,(H,16,21). The number of carbonyl (C=O) groups excluding carboxylic acids is 1. The molecule has 2 amide bonds. The van der Waals surface area contributed by atoms with Crippen molar-refractivity contribution in [1.29, 1.82) is 0 Å². The Kier molecular flexibility index (Phi) is 3.47. The lowest BCUT2D eigenvalue weighted by Crippen LogP contribution is -2.48. The molecule has 0 unspecified atom stereocenters. The number of urea groups is 1. The number of aromatic nitrogens is 2. The molecule has 1 aliphatic carbocycles. The van der Waals surface area contributed by atoms with Gasteiger partial charge in [-0.15, -0.1) is 0 Å². The van der Waals surface area contributed by atoms with E-state index in [0.717, 1.165) is 17.8 Å². The predicted octanol–water partition coefficient (Wildman–Crippen LogP) is 1.04. The molecule has 6 nitrogen and oxygen atoms in total. The molecule has 21 heavy (non-hydrogen) atoms. The van der Waals surface area contributed by atoms with Crippen LogP contribution in [-0.2, 0) is 20.0 Å². The van der Waals surface area contributed by atoms with Crippen molar-refractivity contribution in [2.24, 2.45) is 12.5 Å². The van der Waals surface area contributed by atoms with Gasteiger partial charge >= 0.3 is 6.03 Å². The molecule has 1 fully saturated rings. The van der Waals surface area contributed by atoms with Crippen molar-refractivity contribution < 1.29 is 4.79 Å². The topological polar surface area (TPSA) is 67.2 Å². The minimum Gasteiger partial charge on any atom is -0.337 e. The molecular weight excluding hydrogens is 268 g/mol. The number of nitrogens with one attached hydrogen (secondary N) is 1. The lowest BCUT2D eigenvalue weighted by molar-refractivity contribution is 0.145. The summed E-state index contributed by atoms with van der Waals surface area (Å²) < 4.78 is 1.49. The molecular formula is C15H22N4O2. The fourth-order valence-corrected chi connectivity index (χ4v) is 3.05. The van der Waals surface area contributed by atoms with E-state index in [1.165, 1.54) is 30.2 Å². The molecule has 3 rings (SSSR count). The Hall–Kier alpha value is -1.85. The zero-order valence-corrected chi connectivity index (χ0v) is 12.7. The molecule has 1 aliphatic heterocycles. The first-order chi connectivity index (χ1) is 9.98. The Morgan fingerprint density at radius 2 is 2.24 bits per heavy atom. The van der Waals surface area contributed by atoms with Gasteiger partial charge in [-0.2, -0.15) is 0 Å². The summed E-state index contributed by atoms with van der Waals surface area (Å²) in [6, 6.07) is -0.0451. The van der Waals surface area contributed by atoms with Gasteiger partial charge in [-0.3, -0.25) is 4.79 Å². The van der Waals surface area contributed by atoms with Crippen molar-refractivity contribution in [2.45, 2.75) is 39.2 Å². The molecule has 0 bridgehead atoms. The minimum atomic E-state index is -0.0451. The van der Waals surface area contributed by atoms with E-state index in [1.54, 1.807) is 11.9 Å². The summed E-state index contributed by atoms with van der Waals surface area (Å²) in [4.78, 5) is 30.3. The lowest BCUT2D eigenvalue weighted by Gasteiger charge is -2.39. The number of fused-ring (bicyclic) bond motifs is 1. The Labute approximate surface area is 124 Å². The summed E-state index contributed by atoms with van der Waals surface area (Å²) >= 11 is 0. The van der Waals surface area contributed by atoms with E-state index in [2.05, 4.69) is 17.2 Å². The van der Waals surface area contributed by atoms with E-state index in [9.17, 15) is 9.59 Å². The van der Waals surface area contributed by atoms with Crippen molar-refractivity contribution in [2.75, 3.05) is 13.1 Å². The van der Waals surface area contributed by atoms with Crippen LogP contribution >= 0.6 is 0 Å². The smallest absolute Gasteiger partial charge is 0.317 e. The van der Waals surface area contributed by atoms with E-state index < -0.39 is 0 Å². The number of hydrogen-bond acceptors (Lipinski definition) is 3. The maximum absolute atomic E-state index is 12.3. The second-order valence-electron chi connectivity index (χ2n) is 6.58. The molecule has 0 radical (unpaired) electrons. The SMILES string of the molecule is Cn1cnc2c(c1=O)CCN(C(=O)NCC1(C)CCC1)C2. The molecule has 0 aromatic carbocycles. The Morgan fingerprint density at radius 1 is 1.48 bits per heavy atom. The van der Waals surface area contributed by atoms with Crippen LogP contribution in [-0.4, -0.2) is 33.6 Å². The summed E-state index contributed by atoms with van der Waals surface area (Å²) in [5.41, 5.74) is 1.75. The molecule has 1 aromatic rings. The molecule has 0 atom stereocenters. The summed E-state index contributed by atoms with van der Waals surface area (Å²) in [5.74, 6) is 0. The average molecular weight is 290 g/mol. The first-order valence-electron chi connectivity index (χ1n) is 7.55. The van der Waals surface area contributed by atoms with E-state index in [4.69, 9.17) is 0 Å². The van der Waals surface area contributed by atoms with Crippen LogP contribution in [0.4, 0.5) is 4.79 Å². The second-order valence-corrected chi connectivity index (χ2v) is 6.58. The summed E-state index contributed by atoms with van der Waals surface area (Å²) in [6.07, 6.45) is 5.75. The number of rotatable bonds is 2. The fourth-order valence-electron chi connectivity index (χ4n) is 3.05. The van der Waals surface area contributed by atoms with E-state index in [1.807, 2.05) is 0 Å². The summed E-state index contributed by atoms with van der Waals surface area (Å²) in [7, 11) is 1.70. The highest BCUT2D eigenvalue weighted by atomic mass is 16.2. The Balaban J connectivity index is 1.64. The fraction of sp³-hybridized carbons (Fsp3) is 0.667. The third-order valence-electron chi connectivity index (χ3n) is 4.80. The third-order valence-corrected chi connectivity index (χ3v) is 4.80. The van der Waals surface area contributed by atoms with Gasteiger partial charge in [-0.1, -0.05) is 13.3 Å². The molecule has 6 heteroatoms. The van der Waals surface area contributed by atoms with Gasteiger partial charge in [0.15, 0.2) is 0 Å². The van der Waals surface area contributed by atoms with Crippen molar-refractivity contribution in [3.8, 4) is 0 Å². The van der Waals surface area contributed by atoms with Gasteiger partial charge in [0.2, 0.25) is 0 Å². The Morgan fingerprint density at radius 3 is 2.90 bits per heavy atom. The average Bonchev–Trinajstić information content (AvgIpc) is 2.46. The van der Waals surface area contributed by atoms with Crippen molar-refractivity contribution in [3.05, 3.63) is 27.9 Å². The van der Waals surface area contributed by atoms with Gasteiger partial charge in [-0.25, -0.2) is 9.78 Å². The first kappa shape index (κ1) is 14.1. The highest BCUT2D eigenvalue weighted by Crippen LogP contribution is 2.39. The van der Waals surface area contributed by atoms with Gasteiger partial charge < -0.3 is 14.8 Å². The molecule has 114 valence electrons. The normalized spacial score (nSPS) is 19.6. The largest absolute Gasteiger partial charge is 0.337 e. The van der Waals surface area contributed by atoms with Gasteiger partial charge in [0.1, 0.15) is 0 Å². The molecule has 2 aliphatic rings. The van der Waals surface area contributed by atoms with Crippen LogP contribution in [0, 0.1) is 5.41 Å². The molecule has 1 N–H and O–H groups in total. The molecule has 0 spiro atoms. The second kappa shape index (κ2) is 5.16. The highest BCUT2D eigenvalue weighted by molar-refractivity contribution is 5.74. The highest BCUT2D eigenvalue weighted by Gasteiger charge is 2.33. The zero-order chi connectivity index (χ0) is 15.0. The minimum absolute atomic E-state index is 0.00189. The van der Waals surface area contributed by atoms with E-state index >= 15 is 0 Å². The molecule has 0 saturated heterocycles. The van der Waals surface area contributed by atoms with Crippen LogP contribution in [0.5, 0.6) is 0 Å². The number of amides is 2. The van der Waals surface area contributed by atoms with Gasteiger partial charge in [0.25, 0.3) is 5.56 Å². The van der Waals surface area contributed by atoms with Crippen molar-refractivity contribution in [1.82, 2.24) is 19.8 Å².